The van der Waals surface area contributed by atoms with Crippen LogP contribution in [0, 0.1) is 11.6 Å². The molecule has 1 atom stereocenters. The monoisotopic (exact) mass is 312 g/mol. The first-order chi connectivity index (χ1) is 10.3. The molecule has 1 saturated heterocycles. The van der Waals surface area contributed by atoms with Gasteiger partial charge in [0.05, 0.1) is 0 Å². The first-order valence-electron chi connectivity index (χ1n) is 7.46. The van der Waals surface area contributed by atoms with E-state index in [-0.39, 0.29) is 24.1 Å². The largest absolute Gasteiger partial charge is 0.384 e. The third-order valence-corrected chi connectivity index (χ3v) is 4.19. The van der Waals surface area contributed by atoms with Crippen molar-refractivity contribution in [3.63, 3.8) is 0 Å². The number of hydrogen-bond acceptors (Lipinski definition) is 3. The van der Waals surface area contributed by atoms with Gasteiger partial charge in [-0.1, -0.05) is 6.07 Å². The SMILES string of the molecule is CC(=O)N1CCC(NCC(C)(O)c2ccc(F)cc2F)CC1. The molecule has 0 bridgehead atoms. The predicted octanol–water partition coefficient (Wildman–Crippen LogP) is 1.77. The van der Waals surface area contributed by atoms with Crippen molar-refractivity contribution in [1.82, 2.24) is 10.2 Å². The van der Waals surface area contributed by atoms with E-state index in [0.29, 0.717) is 13.1 Å². The quantitative estimate of drug-likeness (QED) is 0.891. The summed E-state index contributed by atoms with van der Waals surface area (Å²) >= 11 is 0. The van der Waals surface area contributed by atoms with E-state index in [4.69, 9.17) is 0 Å². The number of halogens is 2. The Bertz CT molecular complexity index is 541. The maximum Gasteiger partial charge on any atom is 0.219 e. The third kappa shape index (κ3) is 4.01. The number of benzene rings is 1. The van der Waals surface area contributed by atoms with Crippen LogP contribution in [0.15, 0.2) is 18.2 Å². The summed E-state index contributed by atoms with van der Waals surface area (Å²) in [6, 6.07) is 3.35. The standard InChI is InChI=1S/C16H22F2N2O2/c1-11(21)20-7-5-13(6-8-20)19-10-16(2,22)14-4-3-12(17)9-15(14)18/h3-4,9,13,19,22H,5-8,10H2,1-2H3. The molecule has 2 rings (SSSR count). The number of likely N-dealkylation sites (tertiary alicyclic amines) is 1. The smallest absolute Gasteiger partial charge is 0.219 e. The topological polar surface area (TPSA) is 52.6 Å². The Morgan fingerprint density at radius 1 is 1.41 bits per heavy atom. The zero-order chi connectivity index (χ0) is 16.3. The van der Waals surface area contributed by atoms with Crippen molar-refractivity contribution < 1.29 is 18.7 Å². The molecule has 1 aromatic rings. The number of amides is 1. The molecule has 1 aliphatic heterocycles. The van der Waals surface area contributed by atoms with E-state index in [9.17, 15) is 18.7 Å². The molecule has 0 aromatic heterocycles. The fourth-order valence-corrected chi connectivity index (χ4v) is 2.76. The zero-order valence-corrected chi connectivity index (χ0v) is 12.9. The van der Waals surface area contributed by atoms with Gasteiger partial charge >= 0.3 is 0 Å². The van der Waals surface area contributed by atoms with Gasteiger partial charge in [-0.05, 0) is 25.8 Å². The molecule has 1 fully saturated rings. The second-order valence-corrected chi connectivity index (χ2v) is 6.06. The van der Waals surface area contributed by atoms with E-state index < -0.39 is 17.2 Å². The molecule has 1 unspecified atom stereocenters. The van der Waals surface area contributed by atoms with Gasteiger partial charge in [-0.15, -0.1) is 0 Å². The predicted molar refractivity (Wildman–Crippen MR) is 79.2 cm³/mol. The van der Waals surface area contributed by atoms with Crippen LogP contribution in [0.1, 0.15) is 32.3 Å². The summed E-state index contributed by atoms with van der Waals surface area (Å²) in [4.78, 5) is 13.1. The summed E-state index contributed by atoms with van der Waals surface area (Å²) in [5.41, 5.74) is -1.35. The summed E-state index contributed by atoms with van der Waals surface area (Å²) in [7, 11) is 0. The molecule has 6 heteroatoms. The van der Waals surface area contributed by atoms with Gasteiger partial charge in [0.1, 0.15) is 17.2 Å². The van der Waals surface area contributed by atoms with Crippen LogP contribution in [0.5, 0.6) is 0 Å². The summed E-state index contributed by atoms with van der Waals surface area (Å²) < 4.78 is 26.7. The molecule has 1 heterocycles. The van der Waals surface area contributed by atoms with Gasteiger partial charge < -0.3 is 15.3 Å². The molecule has 1 aliphatic rings. The van der Waals surface area contributed by atoms with Crippen LogP contribution in [0.3, 0.4) is 0 Å². The average molecular weight is 312 g/mol. The summed E-state index contributed by atoms with van der Waals surface area (Å²) in [5.74, 6) is -1.35. The van der Waals surface area contributed by atoms with Crippen LogP contribution in [0.2, 0.25) is 0 Å². The Labute approximate surface area is 129 Å². The van der Waals surface area contributed by atoms with Gasteiger partial charge in [0, 0.05) is 44.2 Å². The summed E-state index contributed by atoms with van der Waals surface area (Å²) in [6.07, 6.45) is 1.59. The van der Waals surface area contributed by atoms with Crippen molar-refractivity contribution in [2.45, 2.75) is 38.3 Å². The van der Waals surface area contributed by atoms with Crippen molar-refractivity contribution in [2.75, 3.05) is 19.6 Å². The minimum Gasteiger partial charge on any atom is -0.384 e. The zero-order valence-electron chi connectivity index (χ0n) is 12.9. The normalized spacial score (nSPS) is 19.0. The number of aliphatic hydroxyl groups is 1. The number of hydrogen-bond donors (Lipinski definition) is 2. The molecule has 122 valence electrons. The van der Waals surface area contributed by atoms with Crippen molar-refractivity contribution in [3.05, 3.63) is 35.4 Å². The van der Waals surface area contributed by atoms with Crippen molar-refractivity contribution in [1.29, 1.82) is 0 Å². The molecule has 0 radical (unpaired) electrons. The Morgan fingerprint density at radius 3 is 2.59 bits per heavy atom. The highest BCUT2D eigenvalue weighted by molar-refractivity contribution is 5.73. The Kier molecular flexibility index (Phi) is 5.13. The molecule has 1 aromatic carbocycles. The highest BCUT2D eigenvalue weighted by Crippen LogP contribution is 2.24. The highest BCUT2D eigenvalue weighted by atomic mass is 19.1. The number of rotatable bonds is 4. The minimum atomic E-state index is -1.42. The number of nitrogens with zero attached hydrogens (tertiary/aromatic N) is 1. The maximum absolute atomic E-state index is 13.8. The summed E-state index contributed by atoms with van der Waals surface area (Å²) in [5, 5.41) is 13.7. The molecular weight excluding hydrogens is 290 g/mol. The number of piperidine rings is 1. The second kappa shape index (κ2) is 6.71. The van der Waals surface area contributed by atoms with Gasteiger partial charge in [0.15, 0.2) is 0 Å². The van der Waals surface area contributed by atoms with E-state index in [1.54, 1.807) is 11.8 Å². The maximum atomic E-state index is 13.8. The lowest BCUT2D eigenvalue weighted by Crippen LogP contribution is -2.47. The fraction of sp³-hybridized carbons (Fsp3) is 0.562. The molecule has 1 amide bonds. The number of carbonyl (C=O) groups excluding carboxylic acids is 1. The molecule has 0 aliphatic carbocycles. The molecule has 22 heavy (non-hydrogen) atoms. The first-order valence-corrected chi connectivity index (χ1v) is 7.46. The Hall–Kier alpha value is -1.53. The minimum absolute atomic E-state index is 0.0684. The third-order valence-electron chi connectivity index (χ3n) is 4.19. The molecule has 0 spiro atoms. The van der Waals surface area contributed by atoms with Gasteiger partial charge in [0.2, 0.25) is 5.91 Å². The number of nitrogens with one attached hydrogen (secondary N) is 1. The van der Waals surface area contributed by atoms with Gasteiger partial charge in [-0.25, -0.2) is 8.78 Å². The number of carbonyl (C=O) groups is 1. The molecule has 4 nitrogen and oxygen atoms in total. The average Bonchev–Trinajstić information content (AvgIpc) is 2.45. The first kappa shape index (κ1) is 16.8. The van der Waals surface area contributed by atoms with Crippen LogP contribution in [-0.2, 0) is 10.4 Å². The van der Waals surface area contributed by atoms with E-state index in [2.05, 4.69) is 5.32 Å². The Balaban J connectivity index is 1.92. The van der Waals surface area contributed by atoms with Crippen molar-refractivity contribution in [3.8, 4) is 0 Å². The lowest BCUT2D eigenvalue weighted by molar-refractivity contribution is -0.129. The summed E-state index contributed by atoms with van der Waals surface area (Å²) in [6.45, 7) is 4.58. The van der Waals surface area contributed by atoms with Crippen molar-refractivity contribution in [2.24, 2.45) is 0 Å². The van der Waals surface area contributed by atoms with Crippen LogP contribution in [0.4, 0.5) is 8.78 Å². The van der Waals surface area contributed by atoms with Crippen LogP contribution < -0.4 is 5.32 Å². The van der Waals surface area contributed by atoms with Gasteiger partial charge in [0.25, 0.3) is 0 Å². The Morgan fingerprint density at radius 2 is 2.05 bits per heavy atom. The van der Waals surface area contributed by atoms with Crippen LogP contribution in [0.25, 0.3) is 0 Å². The lowest BCUT2D eigenvalue weighted by atomic mass is 9.94. The van der Waals surface area contributed by atoms with E-state index in [1.807, 2.05) is 0 Å². The van der Waals surface area contributed by atoms with Crippen LogP contribution >= 0.6 is 0 Å². The van der Waals surface area contributed by atoms with E-state index >= 15 is 0 Å². The van der Waals surface area contributed by atoms with Gasteiger partial charge in [-0.2, -0.15) is 0 Å². The van der Waals surface area contributed by atoms with Gasteiger partial charge in [-0.3, -0.25) is 4.79 Å². The van der Waals surface area contributed by atoms with Crippen molar-refractivity contribution >= 4 is 5.91 Å². The molecular formula is C16H22F2N2O2. The fourth-order valence-electron chi connectivity index (χ4n) is 2.76. The van der Waals surface area contributed by atoms with E-state index in [0.717, 1.165) is 25.0 Å². The van der Waals surface area contributed by atoms with Crippen LogP contribution in [-0.4, -0.2) is 41.6 Å². The highest BCUT2D eigenvalue weighted by Gasteiger charge is 2.29. The second-order valence-electron chi connectivity index (χ2n) is 6.06. The van der Waals surface area contributed by atoms with E-state index in [1.165, 1.54) is 13.0 Å². The lowest BCUT2D eigenvalue weighted by Gasteiger charge is -2.34. The molecule has 0 saturated carbocycles. The molecule has 2 N–H and O–H groups in total.